The van der Waals surface area contributed by atoms with Gasteiger partial charge in [-0.1, -0.05) is 12.1 Å². The number of rotatable bonds is 0. The van der Waals surface area contributed by atoms with Gasteiger partial charge in [0.15, 0.2) is 0 Å². The van der Waals surface area contributed by atoms with E-state index in [1.807, 2.05) is 24.3 Å². The third-order valence-electron chi connectivity index (χ3n) is 1.33. The number of hydrogen-bond acceptors (Lipinski definition) is 2. The minimum atomic E-state index is 0. The van der Waals surface area contributed by atoms with E-state index >= 15 is 0 Å². The maximum atomic E-state index is 4.06. The molecule has 60 valence electrons. The normalized spacial score (nSPS) is 8.17. The zero-order valence-electron chi connectivity index (χ0n) is 6.99. The van der Waals surface area contributed by atoms with Gasteiger partial charge >= 0.3 is 0 Å². The average molecular weight is 232 g/mol. The fraction of sp³-hybridized carbons (Fsp3) is 0.125. The van der Waals surface area contributed by atoms with Crippen LogP contribution < -0.4 is 0 Å². The largest absolute Gasteiger partial charge is 0.345 e. The van der Waals surface area contributed by atoms with Gasteiger partial charge in [-0.15, -0.1) is 0 Å². The van der Waals surface area contributed by atoms with Gasteiger partial charge in [0.2, 0.25) is 0 Å². The number of thiol groups is 1. The first kappa shape index (κ1) is 11.7. The molecule has 2 rings (SSSR count). The second kappa shape index (κ2) is 6.21. The molecular weight excluding hydrogens is 222 g/mol. The molecule has 0 aliphatic heterocycles. The van der Waals surface area contributed by atoms with Gasteiger partial charge in [-0.2, -0.15) is 12.6 Å². The first-order valence-electron chi connectivity index (χ1n) is 3.30. The monoisotopic (exact) mass is 230 g/mol. The second-order valence-electron chi connectivity index (χ2n) is 1.92. The van der Waals surface area contributed by atoms with Gasteiger partial charge in [0.1, 0.15) is 0 Å². The number of nitrogens with zero attached hydrogens (tertiary/aromatic N) is 1. The summed E-state index contributed by atoms with van der Waals surface area (Å²) in [6.45, 7) is 0. The van der Waals surface area contributed by atoms with Crippen molar-refractivity contribution in [1.29, 1.82) is 0 Å². The number of nitrogens with one attached hydrogen (secondary N) is 1. The molecule has 1 N–H and O–H groups in total. The third kappa shape index (κ3) is 2.61. The Bertz CT molecular complexity index is 291. The summed E-state index contributed by atoms with van der Waals surface area (Å²) in [5, 5.41) is 0. The van der Waals surface area contributed by atoms with E-state index < -0.39 is 0 Å². The molecule has 0 amide bonds. The zero-order valence-corrected chi connectivity index (χ0v) is 10.8. The standard InChI is InChI=1S/C7H6N2.CH4S.Zn/c1-2-4-7-6(3-1)8-5-9-7;1-2;/h1-5H,(H,8,9);2H,1H3;. The van der Waals surface area contributed by atoms with E-state index in [-0.39, 0.29) is 19.5 Å². The Hall–Kier alpha value is -0.337. The van der Waals surface area contributed by atoms with Crippen molar-refractivity contribution < 1.29 is 19.5 Å². The Labute approximate surface area is 90.0 Å². The molecule has 4 heteroatoms. The predicted molar refractivity (Wildman–Crippen MR) is 51.0 cm³/mol. The quantitative estimate of drug-likeness (QED) is 0.528. The Balaban J connectivity index is 0.000000378. The van der Waals surface area contributed by atoms with Crippen LogP contribution in [0.1, 0.15) is 0 Å². The molecule has 0 aliphatic rings. The maximum Gasteiger partial charge on any atom is 0.0931 e. The molecule has 2 aromatic rings. The molecule has 1 aromatic carbocycles. The van der Waals surface area contributed by atoms with E-state index in [2.05, 4.69) is 22.6 Å². The van der Waals surface area contributed by atoms with Crippen LogP contribution in [0, 0.1) is 0 Å². The number of aromatic nitrogens is 2. The van der Waals surface area contributed by atoms with E-state index in [1.165, 1.54) is 0 Å². The number of fused-ring (bicyclic) bond motifs is 1. The van der Waals surface area contributed by atoms with E-state index in [4.69, 9.17) is 0 Å². The Morgan fingerprint density at radius 2 is 1.92 bits per heavy atom. The maximum absolute atomic E-state index is 4.06. The van der Waals surface area contributed by atoms with Crippen LogP contribution in [0.3, 0.4) is 0 Å². The fourth-order valence-electron chi connectivity index (χ4n) is 0.880. The zero-order chi connectivity index (χ0) is 8.10. The topological polar surface area (TPSA) is 28.7 Å². The van der Waals surface area contributed by atoms with Gasteiger partial charge in [-0.05, 0) is 18.4 Å². The number of para-hydroxylation sites is 2. The minimum absolute atomic E-state index is 0. The van der Waals surface area contributed by atoms with Crippen molar-refractivity contribution in [3.8, 4) is 0 Å². The molecule has 0 aliphatic carbocycles. The molecule has 0 fully saturated rings. The van der Waals surface area contributed by atoms with E-state index in [0.29, 0.717) is 0 Å². The number of benzene rings is 1. The summed E-state index contributed by atoms with van der Waals surface area (Å²) in [4.78, 5) is 7.07. The molecule has 1 heterocycles. The van der Waals surface area contributed by atoms with Gasteiger partial charge in [-0.25, -0.2) is 4.98 Å². The number of aromatic amines is 1. The smallest absolute Gasteiger partial charge is 0.0931 e. The van der Waals surface area contributed by atoms with E-state index in [1.54, 1.807) is 12.6 Å². The van der Waals surface area contributed by atoms with Gasteiger partial charge in [-0.3, -0.25) is 0 Å². The number of imidazole rings is 1. The SMILES string of the molecule is CS.[Zn].c1ccc2[nH]cnc2c1. The van der Waals surface area contributed by atoms with Gasteiger partial charge in [0.05, 0.1) is 17.4 Å². The van der Waals surface area contributed by atoms with E-state index in [9.17, 15) is 0 Å². The molecule has 12 heavy (non-hydrogen) atoms. The first-order chi connectivity index (χ1) is 5.47. The van der Waals surface area contributed by atoms with Gasteiger partial charge in [0, 0.05) is 19.5 Å². The molecule has 1 aromatic heterocycles. The fourth-order valence-corrected chi connectivity index (χ4v) is 0.880. The number of hydrogen-bond donors (Lipinski definition) is 2. The Kier molecular flexibility index (Phi) is 6.04. The molecule has 0 unspecified atom stereocenters. The summed E-state index contributed by atoms with van der Waals surface area (Å²) >= 11 is 3.53. The van der Waals surface area contributed by atoms with Crippen LogP contribution in [0.25, 0.3) is 11.0 Å². The van der Waals surface area contributed by atoms with Crippen LogP contribution in [0.15, 0.2) is 30.6 Å². The number of H-pyrrole nitrogens is 1. The molecule has 0 saturated carbocycles. The molecule has 2 nitrogen and oxygen atoms in total. The van der Waals surface area contributed by atoms with Crippen molar-refractivity contribution in [2.45, 2.75) is 0 Å². The minimum Gasteiger partial charge on any atom is -0.345 e. The van der Waals surface area contributed by atoms with Crippen LogP contribution >= 0.6 is 12.6 Å². The van der Waals surface area contributed by atoms with Gasteiger partial charge < -0.3 is 4.98 Å². The second-order valence-corrected chi connectivity index (χ2v) is 1.92. The molecule has 0 bridgehead atoms. The summed E-state index contributed by atoms with van der Waals surface area (Å²) in [5.41, 5.74) is 2.12. The van der Waals surface area contributed by atoms with Crippen molar-refractivity contribution in [3.05, 3.63) is 30.6 Å². The van der Waals surface area contributed by atoms with Crippen LogP contribution in [-0.4, -0.2) is 16.2 Å². The molecular formula is C8H10N2SZn. The first-order valence-corrected chi connectivity index (χ1v) is 4.19. The summed E-state index contributed by atoms with van der Waals surface area (Å²) in [6.07, 6.45) is 3.39. The van der Waals surface area contributed by atoms with Crippen LogP contribution in [0.4, 0.5) is 0 Å². The summed E-state index contributed by atoms with van der Waals surface area (Å²) in [5.74, 6) is 0. The van der Waals surface area contributed by atoms with Crippen molar-refractivity contribution >= 4 is 23.7 Å². The Morgan fingerprint density at radius 3 is 2.58 bits per heavy atom. The van der Waals surface area contributed by atoms with Gasteiger partial charge in [0.25, 0.3) is 0 Å². The van der Waals surface area contributed by atoms with Crippen molar-refractivity contribution in [1.82, 2.24) is 9.97 Å². The molecule has 0 atom stereocenters. The summed E-state index contributed by atoms with van der Waals surface area (Å²) < 4.78 is 0. The summed E-state index contributed by atoms with van der Waals surface area (Å²) in [6, 6.07) is 7.94. The predicted octanol–water partition coefficient (Wildman–Crippen LogP) is 2.11. The third-order valence-corrected chi connectivity index (χ3v) is 1.33. The molecule has 0 spiro atoms. The van der Waals surface area contributed by atoms with Crippen molar-refractivity contribution in [3.63, 3.8) is 0 Å². The Morgan fingerprint density at radius 1 is 1.25 bits per heavy atom. The van der Waals surface area contributed by atoms with Crippen LogP contribution in [0.5, 0.6) is 0 Å². The summed E-state index contributed by atoms with van der Waals surface area (Å²) in [7, 11) is 0. The van der Waals surface area contributed by atoms with Crippen LogP contribution in [-0.2, 0) is 19.5 Å². The van der Waals surface area contributed by atoms with Crippen molar-refractivity contribution in [2.24, 2.45) is 0 Å². The van der Waals surface area contributed by atoms with Crippen LogP contribution in [0.2, 0.25) is 0 Å². The average Bonchev–Trinajstić information content (AvgIpc) is 2.55. The van der Waals surface area contributed by atoms with Crippen molar-refractivity contribution in [2.75, 3.05) is 6.26 Å². The molecule has 0 radical (unpaired) electrons. The molecule has 0 saturated heterocycles. The van der Waals surface area contributed by atoms with E-state index in [0.717, 1.165) is 11.0 Å².